The molecule has 4 nitrogen and oxygen atoms in total. The van der Waals surface area contributed by atoms with Crippen molar-refractivity contribution in [2.24, 2.45) is 0 Å². The second kappa shape index (κ2) is 5.13. The van der Waals surface area contributed by atoms with Crippen LogP contribution in [0.3, 0.4) is 0 Å². The van der Waals surface area contributed by atoms with Gasteiger partial charge in [-0.25, -0.2) is 0 Å². The molecular weight excluding hydrogens is 266 g/mol. The van der Waals surface area contributed by atoms with E-state index in [1.165, 1.54) is 6.07 Å². The monoisotopic (exact) mass is 281 g/mol. The van der Waals surface area contributed by atoms with Gasteiger partial charge in [0, 0.05) is 23.6 Å². The first-order chi connectivity index (χ1) is 10.1. The van der Waals surface area contributed by atoms with Crippen molar-refractivity contribution in [2.45, 2.75) is 25.7 Å². The molecule has 1 aliphatic carbocycles. The molecule has 0 saturated heterocycles. The molecule has 0 fully saturated rings. The van der Waals surface area contributed by atoms with E-state index < -0.39 is 4.92 Å². The number of non-ortho nitro benzene ring substituents is 1. The van der Waals surface area contributed by atoms with Gasteiger partial charge >= 0.3 is 0 Å². The number of ketones is 1. The van der Waals surface area contributed by atoms with Crippen LogP contribution in [-0.4, -0.2) is 10.7 Å². The minimum absolute atomic E-state index is 0.0694. The van der Waals surface area contributed by atoms with Crippen LogP contribution in [0.25, 0.3) is 0 Å². The lowest BCUT2D eigenvalue weighted by Crippen LogP contribution is -2.21. The third-order valence-electron chi connectivity index (χ3n) is 4.14. The molecule has 0 unspecified atom stereocenters. The highest BCUT2D eigenvalue weighted by Gasteiger charge is 2.29. The second-order valence-corrected chi connectivity index (χ2v) is 5.41. The van der Waals surface area contributed by atoms with Crippen LogP contribution in [0.15, 0.2) is 42.5 Å². The molecule has 1 atom stereocenters. The van der Waals surface area contributed by atoms with Gasteiger partial charge in [0.25, 0.3) is 5.69 Å². The molecule has 0 bridgehead atoms. The van der Waals surface area contributed by atoms with Crippen LogP contribution >= 0.6 is 0 Å². The van der Waals surface area contributed by atoms with Gasteiger partial charge in [-0.15, -0.1) is 0 Å². The Labute approximate surface area is 122 Å². The number of carbonyl (C=O) groups is 1. The number of nitrogens with zero attached hydrogens (tertiary/aromatic N) is 1. The molecule has 4 heteroatoms. The molecule has 1 aliphatic rings. The van der Waals surface area contributed by atoms with Crippen LogP contribution in [0.1, 0.15) is 39.4 Å². The summed E-state index contributed by atoms with van der Waals surface area (Å²) in [5.41, 5.74) is 3.66. The van der Waals surface area contributed by atoms with Crippen molar-refractivity contribution in [1.82, 2.24) is 0 Å². The number of hydrogen-bond acceptors (Lipinski definition) is 3. The Balaban J connectivity index is 1.99. The highest BCUT2D eigenvalue weighted by atomic mass is 16.6. The number of nitro groups is 1. The molecule has 2 aromatic carbocycles. The number of nitro benzene ring substituents is 1. The Morgan fingerprint density at radius 2 is 1.95 bits per heavy atom. The summed E-state index contributed by atoms with van der Waals surface area (Å²) in [6.07, 6.45) is 1.62. The van der Waals surface area contributed by atoms with Gasteiger partial charge < -0.3 is 0 Å². The van der Waals surface area contributed by atoms with Crippen molar-refractivity contribution in [3.63, 3.8) is 0 Å². The zero-order chi connectivity index (χ0) is 15.0. The van der Waals surface area contributed by atoms with Gasteiger partial charge in [-0.2, -0.15) is 0 Å². The fourth-order valence-corrected chi connectivity index (χ4v) is 3.06. The third-order valence-corrected chi connectivity index (χ3v) is 4.14. The van der Waals surface area contributed by atoms with Gasteiger partial charge in [-0.1, -0.05) is 30.3 Å². The van der Waals surface area contributed by atoms with Gasteiger partial charge in [0.05, 0.1) is 4.92 Å². The van der Waals surface area contributed by atoms with E-state index in [0.29, 0.717) is 0 Å². The molecule has 21 heavy (non-hydrogen) atoms. The number of fused-ring (bicyclic) bond motifs is 1. The normalized spacial score (nSPS) is 17.4. The summed E-state index contributed by atoms with van der Waals surface area (Å²) >= 11 is 0. The number of aryl methyl sites for hydroxylation is 2. The second-order valence-electron chi connectivity index (χ2n) is 5.41. The van der Waals surface area contributed by atoms with E-state index in [9.17, 15) is 14.9 Å². The number of hydrogen-bond donors (Lipinski definition) is 0. The standard InChI is InChI=1S/C17H15NO3/c1-11-10-13(18(20)21)7-9-14(11)16-8-6-12-4-2-3-5-15(12)17(16)19/h2-5,7,9-10,16H,6,8H2,1H3/t16-/m0/s1. The summed E-state index contributed by atoms with van der Waals surface area (Å²) < 4.78 is 0. The van der Waals surface area contributed by atoms with Crippen LogP contribution in [0.5, 0.6) is 0 Å². The van der Waals surface area contributed by atoms with Crippen molar-refractivity contribution >= 4 is 11.5 Å². The third kappa shape index (κ3) is 2.33. The predicted molar refractivity (Wildman–Crippen MR) is 79.7 cm³/mol. The predicted octanol–water partition coefficient (Wildman–Crippen LogP) is 3.82. The van der Waals surface area contributed by atoms with Crippen LogP contribution in [0.4, 0.5) is 5.69 Å². The largest absolute Gasteiger partial charge is 0.293 e. The fourth-order valence-electron chi connectivity index (χ4n) is 3.06. The zero-order valence-electron chi connectivity index (χ0n) is 11.7. The lowest BCUT2D eigenvalue weighted by molar-refractivity contribution is -0.384. The Kier molecular flexibility index (Phi) is 3.29. The summed E-state index contributed by atoms with van der Waals surface area (Å²) in [5, 5.41) is 10.8. The molecule has 0 radical (unpaired) electrons. The molecule has 0 spiro atoms. The van der Waals surface area contributed by atoms with Crippen molar-refractivity contribution in [3.05, 3.63) is 74.8 Å². The van der Waals surface area contributed by atoms with Crippen LogP contribution in [0, 0.1) is 17.0 Å². The van der Waals surface area contributed by atoms with Gasteiger partial charge in [0.15, 0.2) is 5.78 Å². The molecular formula is C17H15NO3. The number of rotatable bonds is 2. The SMILES string of the molecule is Cc1cc([N+](=O)[O-])ccc1[C@@H]1CCc2ccccc2C1=O. The Hall–Kier alpha value is -2.49. The van der Waals surface area contributed by atoms with E-state index in [2.05, 4.69) is 0 Å². The van der Waals surface area contributed by atoms with E-state index in [4.69, 9.17) is 0 Å². The lowest BCUT2D eigenvalue weighted by Gasteiger charge is -2.24. The highest BCUT2D eigenvalue weighted by molar-refractivity contribution is 6.03. The van der Waals surface area contributed by atoms with Crippen LogP contribution in [-0.2, 0) is 6.42 Å². The van der Waals surface area contributed by atoms with E-state index in [1.807, 2.05) is 31.2 Å². The highest BCUT2D eigenvalue weighted by Crippen LogP contribution is 2.35. The van der Waals surface area contributed by atoms with Crippen molar-refractivity contribution < 1.29 is 9.72 Å². The van der Waals surface area contributed by atoms with Crippen molar-refractivity contribution in [1.29, 1.82) is 0 Å². The first kappa shape index (κ1) is 13.5. The Morgan fingerprint density at radius 3 is 2.67 bits per heavy atom. The molecule has 106 valence electrons. The summed E-state index contributed by atoms with van der Waals surface area (Å²) in [6, 6.07) is 12.4. The molecule has 0 amide bonds. The summed E-state index contributed by atoms with van der Waals surface area (Å²) in [5.74, 6) is -0.0745. The number of benzene rings is 2. The molecule has 0 N–H and O–H groups in total. The van der Waals surface area contributed by atoms with E-state index in [-0.39, 0.29) is 17.4 Å². The van der Waals surface area contributed by atoms with Gasteiger partial charge in [-0.3, -0.25) is 14.9 Å². The van der Waals surface area contributed by atoms with Crippen LogP contribution < -0.4 is 0 Å². The van der Waals surface area contributed by atoms with Crippen LogP contribution in [0.2, 0.25) is 0 Å². The van der Waals surface area contributed by atoms with Crippen molar-refractivity contribution in [3.8, 4) is 0 Å². The molecule has 0 aromatic heterocycles. The Bertz CT molecular complexity index is 737. The molecule has 3 rings (SSSR count). The molecule has 0 heterocycles. The summed E-state index contributed by atoms with van der Waals surface area (Å²) in [4.78, 5) is 23.1. The van der Waals surface area contributed by atoms with Crippen molar-refractivity contribution in [2.75, 3.05) is 0 Å². The van der Waals surface area contributed by atoms with E-state index >= 15 is 0 Å². The summed E-state index contributed by atoms with van der Waals surface area (Å²) in [6.45, 7) is 1.83. The first-order valence-corrected chi connectivity index (χ1v) is 6.95. The maximum atomic E-state index is 12.7. The quantitative estimate of drug-likeness (QED) is 0.621. The van der Waals surface area contributed by atoms with Gasteiger partial charge in [-0.05, 0) is 36.5 Å². The van der Waals surface area contributed by atoms with Gasteiger partial charge in [0.1, 0.15) is 0 Å². The zero-order valence-corrected chi connectivity index (χ0v) is 11.7. The first-order valence-electron chi connectivity index (χ1n) is 6.95. The summed E-state index contributed by atoms with van der Waals surface area (Å²) in [7, 11) is 0. The number of Topliss-reactive ketones (excluding diaryl/α,β-unsaturated/α-hetero) is 1. The molecule has 0 saturated carbocycles. The molecule has 0 aliphatic heterocycles. The average molecular weight is 281 g/mol. The average Bonchev–Trinajstić information content (AvgIpc) is 2.48. The maximum Gasteiger partial charge on any atom is 0.269 e. The van der Waals surface area contributed by atoms with E-state index in [1.54, 1.807) is 12.1 Å². The minimum Gasteiger partial charge on any atom is -0.293 e. The minimum atomic E-state index is -0.408. The Morgan fingerprint density at radius 1 is 1.19 bits per heavy atom. The topological polar surface area (TPSA) is 60.2 Å². The molecule has 2 aromatic rings. The van der Waals surface area contributed by atoms with Gasteiger partial charge in [0.2, 0.25) is 0 Å². The number of carbonyl (C=O) groups excluding carboxylic acids is 1. The van der Waals surface area contributed by atoms with E-state index in [0.717, 1.165) is 35.1 Å². The smallest absolute Gasteiger partial charge is 0.269 e. The maximum absolute atomic E-state index is 12.7. The fraction of sp³-hybridized carbons (Fsp3) is 0.235. The lowest BCUT2D eigenvalue weighted by atomic mass is 9.78.